The summed E-state index contributed by atoms with van der Waals surface area (Å²) in [7, 11) is 0. The minimum atomic E-state index is -0.884. The second-order valence-corrected chi connectivity index (χ2v) is 5.68. The Labute approximate surface area is 130 Å². The lowest BCUT2D eigenvalue weighted by atomic mass is 10.3. The third kappa shape index (κ3) is 4.12. The Kier molecular flexibility index (Phi) is 5.08. The molecule has 21 heavy (non-hydrogen) atoms. The molecular weight excluding hydrogens is 338 g/mol. The van der Waals surface area contributed by atoms with Gasteiger partial charge in [0.15, 0.2) is 0 Å². The van der Waals surface area contributed by atoms with Crippen molar-refractivity contribution in [2.75, 3.05) is 13.1 Å². The van der Waals surface area contributed by atoms with Crippen LogP contribution in [0.25, 0.3) is 5.65 Å². The largest absolute Gasteiger partial charge is 0.480 e. The Hall–Kier alpha value is -1.73. The summed E-state index contributed by atoms with van der Waals surface area (Å²) >= 11 is 3.31. The molecule has 0 spiro atoms. The Morgan fingerprint density at radius 2 is 2.24 bits per heavy atom. The van der Waals surface area contributed by atoms with Crippen LogP contribution in [0.3, 0.4) is 0 Å². The van der Waals surface area contributed by atoms with Gasteiger partial charge in [-0.05, 0) is 41.0 Å². The van der Waals surface area contributed by atoms with E-state index in [9.17, 15) is 9.59 Å². The lowest BCUT2D eigenvalue weighted by Gasteiger charge is -2.18. The van der Waals surface area contributed by atoms with Crippen molar-refractivity contribution in [3.05, 3.63) is 44.9 Å². The van der Waals surface area contributed by atoms with Crippen LogP contribution in [0.15, 0.2) is 33.7 Å². The van der Waals surface area contributed by atoms with Crippen LogP contribution in [-0.2, 0) is 11.3 Å². The van der Waals surface area contributed by atoms with E-state index < -0.39 is 5.97 Å². The molecule has 0 bridgehead atoms. The number of fused-ring (bicyclic) bond motifs is 1. The summed E-state index contributed by atoms with van der Waals surface area (Å²) in [6.07, 6.45) is 2.50. The van der Waals surface area contributed by atoms with Gasteiger partial charge < -0.3 is 5.11 Å². The Morgan fingerprint density at radius 3 is 2.90 bits per heavy atom. The maximum Gasteiger partial charge on any atom is 0.317 e. The molecule has 2 heterocycles. The third-order valence-electron chi connectivity index (χ3n) is 2.96. The van der Waals surface area contributed by atoms with Crippen molar-refractivity contribution in [1.82, 2.24) is 14.3 Å². The van der Waals surface area contributed by atoms with Crippen LogP contribution >= 0.6 is 15.9 Å². The first-order chi connectivity index (χ1) is 9.99. The van der Waals surface area contributed by atoms with Gasteiger partial charge in [0.25, 0.3) is 5.56 Å². The van der Waals surface area contributed by atoms with Crippen molar-refractivity contribution >= 4 is 27.5 Å². The van der Waals surface area contributed by atoms with Gasteiger partial charge in [-0.2, -0.15) is 0 Å². The van der Waals surface area contributed by atoms with E-state index in [1.807, 2.05) is 13.0 Å². The topological polar surface area (TPSA) is 74.9 Å². The first kappa shape index (κ1) is 15.7. The standard InChI is InChI=1S/C14H16BrN3O3/c1-2-5-17(9-14(20)21)8-11-6-13(19)18-7-10(15)3-4-12(18)16-11/h3-4,6-7H,2,5,8-9H2,1H3,(H,20,21). The number of halogens is 1. The number of hydrogen-bond acceptors (Lipinski definition) is 4. The fourth-order valence-corrected chi connectivity index (χ4v) is 2.49. The van der Waals surface area contributed by atoms with E-state index in [0.717, 1.165) is 10.9 Å². The summed E-state index contributed by atoms with van der Waals surface area (Å²) in [4.78, 5) is 29.1. The number of carboxylic acids is 1. The SMILES string of the molecule is CCCN(CC(=O)O)Cc1cc(=O)n2cc(Br)ccc2n1. The first-order valence-corrected chi connectivity index (χ1v) is 7.41. The van der Waals surface area contributed by atoms with Crippen molar-refractivity contribution < 1.29 is 9.90 Å². The molecule has 0 radical (unpaired) electrons. The zero-order chi connectivity index (χ0) is 15.4. The number of aliphatic carboxylic acids is 1. The van der Waals surface area contributed by atoms with E-state index in [4.69, 9.17) is 5.11 Å². The lowest BCUT2D eigenvalue weighted by molar-refractivity contribution is -0.138. The fourth-order valence-electron chi connectivity index (χ4n) is 2.16. The third-order valence-corrected chi connectivity index (χ3v) is 3.43. The maximum absolute atomic E-state index is 12.1. The average Bonchev–Trinajstić information content (AvgIpc) is 2.39. The molecule has 0 aliphatic carbocycles. The smallest absolute Gasteiger partial charge is 0.317 e. The second kappa shape index (κ2) is 6.82. The van der Waals surface area contributed by atoms with Crippen molar-refractivity contribution in [2.24, 2.45) is 0 Å². The molecule has 0 atom stereocenters. The zero-order valence-corrected chi connectivity index (χ0v) is 13.2. The Morgan fingerprint density at radius 1 is 1.48 bits per heavy atom. The normalized spacial score (nSPS) is 11.2. The molecule has 1 N–H and O–H groups in total. The summed E-state index contributed by atoms with van der Waals surface area (Å²) in [5.74, 6) is -0.884. The number of rotatable bonds is 6. The highest BCUT2D eigenvalue weighted by Crippen LogP contribution is 2.10. The van der Waals surface area contributed by atoms with Crippen LogP contribution in [0, 0.1) is 0 Å². The average molecular weight is 354 g/mol. The summed E-state index contributed by atoms with van der Waals surface area (Å²) in [5.41, 5.74) is 0.951. The van der Waals surface area contributed by atoms with Gasteiger partial charge >= 0.3 is 5.97 Å². The van der Waals surface area contributed by atoms with Gasteiger partial charge in [0.2, 0.25) is 0 Å². The molecule has 2 aromatic heterocycles. The van der Waals surface area contributed by atoms with Gasteiger partial charge in [-0.1, -0.05) is 6.92 Å². The highest BCUT2D eigenvalue weighted by Gasteiger charge is 2.11. The summed E-state index contributed by atoms with van der Waals surface area (Å²) in [6, 6.07) is 5.01. The van der Waals surface area contributed by atoms with Gasteiger partial charge in [-0.3, -0.25) is 18.9 Å². The molecular formula is C14H16BrN3O3. The van der Waals surface area contributed by atoms with Gasteiger partial charge in [0, 0.05) is 23.3 Å². The minimum absolute atomic E-state index is 0.0603. The second-order valence-electron chi connectivity index (χ2n) is 4.77. The van der Waals surface area contributed by atoms with Gasteiger partial charge in [-0.25, -0.2) is 4.98 Å². The Balaban J connectivity index is 2.31. The molecule has 0 aliphatic heterocycles. The zero-order valence-electron chi connectivity index (χ0n) is 11.6. The highest BCUT2D eigenvalue weighted by molar-refractivity contribution is 9.10. The molecule has 0 aromatic carbocycles. The monoisotopic (exact) mass is 353 g/mol. The van der Waals surface area contributed by atoms with Crippen molar-refractivity contribution in [3.63, 3.8) is 0 Å². The molecule has 2 aromatic rings. The molecule has 2 rings (SSSR count). The number of carbonyl (C=O) groups is 1. The van der Waals surface area contributed by atoms with Crippen LogP contribution < -0.4 is 5.56 Å². The molecule has 0 unspecified atom stereocenters. The molecule has 6 nitrogen and oxygen atoms in total. The minimum Gasteiger partial charge on any atom is -0.480 e. The summed E-state index contributed by atoms with van der Waals surface area (Å²) in [5, 5.41) is 8.91. The molecule has 0 fully saturated rings. The lowest BCUT2D eigenvalue weighted by Crippen LogP contribution is -2.31. The first-order valence-electron chi connectivity index (χ1n) is 6.61. The van der Waals surface area contributed by atoms with Crippen LogP contribution in [0.2, 0.25) is 0 Å². The number of carboxylic acid groups (broad SMARTS) is 1. The van der Waals surface area contributed by atoms with Crippen molar-refractivity contribution in [3.8, 4) is 0 Å². The molecule has 0 saturated heterocycles. The van der Waals surface area contributed by atoms with Gasteiger partial charge in [0.05, 0.1) is 12.2 Å². The van der Waals surface area contributed by atoms with E-state index in [1.54, 1.807) is 17.2 Å². The Bertz CT molecular complexity index is 714. The highest BCUT2D eigenvalue weighted by atomic mass is 79.9. The quantitative estimate of drug-likeness (QED) is 0.856. The van der Waals surface area contributed by atoms with Crippen molar-refractivity contribution in [1.29, 1.82) is 0 Å². The van der Waals surface area contributed by atoms with Crippen LogP contribution in [0.1, 0.15) is 19.0 Å². The predicted octanol–water partition coefficient (Wildman–Crippen LogP) is 1.75. The van der Waals surface area contributed by atoms with E-state index >= 15 is 0 Å². The molecule has 112 valence electrons. The van der Waals surface area contributed by atoms with Gasteiger partial charge in [-0.15, -0.1) is 0 Å². The molecule has 0 aliphatic rings. The number of hydrogen-bond donors (Lipinski definition) is 1. The number of nitrogens with zero attached hydrogens (tertiary/aromatic N) is 3. The summed E-state index contributed by atoms with van der Waals surface area (Å²) < 4.78 is 2.25. The van der Waals surface area contributed by atoms with Crippen LogP contribution in [0.5, 0.6) is 0 Å². The van der Waals surface area contributed by atoms with Crippen LogP contribution in [-0.4, -0.2) is 38.4 Å². The van der Waals surface area contributed by atoms with Crippen LogP contribution in [0.4, 0.5) is 0 Å². The molecule has 0 amide bonds. The van der Waals surface area contributed by atoms with Gasteiger partial charge in [0.1, 0.15) is 5.65 Å². The fraction of sp³-hybridized carbons (Fsp3) is 0.357. The summed E-state index contributed by atoms with van der Waals surface area (Å²) in [6.45, 7) is 2.92. The number of aromatic nitrogens is 2. The van der Waals surface area contributed by atoms with Crippen molar-refractivity contribution in [2.45, 2.75) is 19.9 Å². The van der Waals surface area contributed by atoms with E-state index in [-0.39, 0.29) is 12.1 Å². The predicted molar refractivity (Wildman–Crippen MR) is 82.4 cm³/mol. The molecule has 0 saturated carbocycles. The van der Waals surface area contributed by atoms with E-state index in [0.29, 0.717) is 24.4 Å². The van der Waals surface area contributed by atoms with E-state index in [1.165, 1.54) is 10.5 Å². The maximum atomic E-state index is 12.1. The molecule has 7 heteroatoms. The van der Waals surface area contributed by atoms with E-state index in [2.05, 4.69) is 20.9 Å². The number of pyridine rings is 1.